The molecule has 0 spiro atoms. The molecule has 0 bridgehead atoms. The first-order chi connectivity index (χ1) is 5.41. The number of unbranched alkanes of at least 4 members (excludes halogenated alkanes) is 1. The minimum Gasteiger partial charge on any atom is -0.395 e. The van der Waals surface area contributed by atoms with E-state index in [2.05, 4.69) is 12.2 Å². The van der Waals surface area contributed by atoms with Crippen molar-refractivity contribution in [2.24, 2.45) is 0 Å². The molecule has 0 unspecified atom stereocenters. The predicted octanol–water partition coefficient (Wildman–Crippen LogP) is 0.385. The van der Waals surface area contributed by atoms with Crippen LogP contribution in [0.15, 0.2) is 0 Å². The Morgan fingerprint density at radius 2 is 2.09 bits per heavy atom. The predicted molar refractivity (Wildman–Crippen MR) is 45.7 cm³/mol. The Balaban J connectivity index is 2.69. The SMILES string of the molecule is CCCCOCCNCCO. The first kappa shape index (κ1) is 10.9. The van der Waals surface area contributed by atoms with E-state index >= 15 is 0 Å². The molecule has 11 heavy (non-hydrogen) atoms. The van der Waals surface area contributed by atoms with E-state index in [1.54, 1.807) is 0 Å². The van der Waals surface area contributed by atoms with Gasteiger partial charge in [-0.2, -0.15) is 0 Å². The summed E-state index contributed by atoms with van der Waals surface area (Å²) in [6.45, 7) is 5.46. The molecule has 0 rings (SSSR count). The molecule has 0 aliphatic carbocycles. The van der Waals surface area contributed by atoms with Gasteiger partial charge in [0.15, 0.2) is 0 Å². The maximum atomic E-state index is 8.40. The van der Waals surface area contributed by atoms with Gasteiger partial charge in [0.2, 0.25) is 0 Å². The lowest BCUT2D eigenvalue weighted by molar-refractivity contribution is 0.132. The van der Waals surface area contributed by atoms with Crippen LogP contribution in [-0.2, 0) is 4.74 Å². The third kappa shape index (κ3) is 9.88. The molecule has 0 saturated heterocycles. The fraction of sp³-hybridized carbons (Fsp3) is 1.00. The first-order valence-corrected chi connectivity index (χ1v) is 4.31. The van der Waals surface area contributed by atoms with E-state index in [9.17, 15) is 0 Å². The van der Waals surface area contributed by atoms with Crippen molar-refractivity contribution in [2.75, 3.05) is 32.9 Å². The summed E-state index contributed by atoms with van der Waals surface area (Å²) in [6, 6.07) is 0. The lowest BCUT2D eigenvalue weighted by Gasteiger charge is -2.03. The second kappa shape index (κ2) is 9.88. The Labute approximate surface area is 68.8 Å². The van der Waals surface area contributed by atoms with Crippen LogP contribution in [0.25, 0.3) is 0 Å². The fourth-order valence-electron chi connectivity index (χ4n) is 0.697. The van der Waals surface area contributed by atoms with Crippen LogP contribution in [-0.4, -0.2) is 38.0 Å². The van der Waals surface area contributed by atoms with E-state index in [0.29, 0.717) is 6.54 Å². The molecule has 0 fully saturated rings. The van der Waals surface area contributed by atoms with Crippen LogP contribution in [0.3, 0.4) is 0 Å². The summed E-state index contributed by atoms with van der Waals surface area (Å²) in [5.41, 5.74) is 0. The first-order valence-electron chi connectivity index (χ1n) is 4.31. The molecular formula is C8H19NO2. The number of aliphatic hydroxyl groups excluding tert-OH is 1. The van der Waals surface area contributed by atoms with Crippen LogP contribution < -0.4 is 5.32 Å². The zero-order valence-electron chi connectivity index (χ0n) is 7.31. The average molecular weight is 161 g/mol. The summed E-state index contributed by atoms with van der Waals surface area (Å²) in [4.78, 5) is 0. The normalized spacial score (nSPS) is 10.4. The highest BCUT2D eigenvalue weighted by Gasteiger charge is 1.86. The quantitative estimate of drug-likeness (QED) is 0.506. The van der Waals surface area contributed by atoms with Gasteiger partial charge >= 0.3 is 0 Å². The van der Waals surface area contributed by atoms with Crippen molar-refractivity contribution in [1.29, 1.82) is 0 Å². The molecule has 0 atom stereocenters. The molecular weight excluding hydrogens is 142 g/mol. The maximum Gasteiger partial charge on any atom is 0.0590 e. The van der Waals surface area contributed by atoms with E-state index in [0.717, 1.165) is 26.2 Å². The zero-order valence-corrected chi connectivity index (χ0v) is 7.31. The van der Waals surface area contributed by atoms with Gasteiger partial charge in [-0.25, -0.2) is 0 Å². The Morgan fingerprint density at radius 3 is 2.73 bits per heavy atom. The Hall–Kier alpha value is -0.120. The number of ether oxygens (including phenoxy) is 1. The van der Waals surface area contributed by atoms with Crippen LogP contribution in [0.4, 0.5) is 0 Å². The number of rotatable bonds is 8. The fourth-order valence-corrected chi connectivity index (χ4v) is 0.697. The van der Waals surface area contributed by atoms with E-state index in [1.165, 1.54) is 6.42 Å². The molecule has 68 valence electrons. The summed E-state index contributed by atoms with van der Waals surface area (Å²) >= 11 is 0. The molecule has 3 nitrogen and oxygen atoms in total. The monoisotopic (exact) mass is 161 g/mol. The topological polar surface area (TPSA) is 41.5 Å². The number of hydrogen-bond donors (Lipinski definition) is 2. The Kier molecular flexibility index (Phi) is 9.77. The van der Waals surface area contributed by atoms with Crippen molar-refractivity contribution in [2.45, 2.75) is 19.8 Å². The van der Waals surface area contributed by atoms with Crippen LogP contribution >= 0.6 is 0 Å². The summed E-state index contributed by atoms with van der Waals surface area (Å²) in [6.07, 6.45) is 2.32. The van der Waals surface area contributed by atoms with Gasteiger partial charge in [0.1, 0.15) is 0 Å². The summed E-state index contributed by atoms with van der Waals surface area (Å²) in [5, 5.41) is 11.4. The van der Waals surface area contributed by atoms with E-state index in [4.69, 9.17) is 9.84 Å². The van der Waals surface area contributed by atoms with Gasteiger partial charge in [-0.1, -0.05) is 13.3 Å². The van der Waals surface area contributed by atoms with Crippen molar-refractivity contribution in [3.63, 3.8) is 0 Å². The molecule has 0 amide bonds. The minimum absolute atomic E-state index is 0.203. The Bertz CT molecular complexity index is 61.1. The second-order valence-corrected chi connectivity index (χ2v) is 2.44. The summed E-state index contributed by atoms with van der Waals surface area (Å²) in [7, 11) is 0. The molecule has 0 heterocycles. The Morgan fingerprint density at radius 1 is 1.27 bits per heavy atom. The minimum atomic E-state index is 0.203. The van der Waals surface area contributed by atoms with Crippen molar-refractivity contribution < 1.29 is 9.84 Å². The smallest absolute Gasteiger partial charge is 0.0590 e. The van der Waals surface area contributed by atoms with Crippen LogP contribution in [0.2, 0.25) is 0 Å². The van der Waals surface area contributed by atoms with Crippen molar-refractivity contribution in [1.82, 2.24) is 5.32 Å². The third-order valence-electron chi connectivity index (χ3n) is 1.35. The lowest BCUT2D eigenvalue weighted by atomic mass is 10.4. The molecule has 3 heteroatoms. The molecule has 0 aliphatic rings. The molecule has 0 radical (unpaired) electrons. The van der Waals surface area contributed by atoms with Gasteiger partial charge in [-0.15, -0.1) is 0 Å². The zero-order chi connectivity index (χ0) is 8.36. The van der Waals surface area contributed by atoms with Crippen molar-refractivity contribution in [3.05, 3.63) is 0 Å². The maximum absolute atomic E-state index is 8.40. The number of aliphatic hydroxyl groups is 1. The highest BCUT2D eigenvalue weighted by atomic mass is 16.5. The summed E-state index contributed by atoms with van der Waals surface area (Å²) < 4.78 is 5.28. The van der Waals surface area contributed by atoms with Gasteiger partial charge in [0, 0.05) is 19.7 Å². The lowest BCUT2D eigenvalue weighted by Crippen LogP contribution is -2.23. The number of nitrogens with one attached hydrogen (secondary N) is 1. The van der Waals surface area contributed by atoms with Crippen molar-refractivity contribution >= 4 is 0 Å². The van der Waals surface area contributed by atoms with Crippen molar-refractivity contribution in [3.8, 4) is 0 Å². The van der Waals surface area contributed by atoms with Gasteiger partial charge < -0.3 is 15.2 Å². The van der Waals surface area contributed by atoms with Gasteiger partial charge in [-0.05, 0) is 6.42 Å². The highest BCUT2D eigenvalue weighted by Crippen LogP contribution is 1.86. The van der Waals surface area contributed by atoms with E-state index < -0.39 is 0 Å². The second-order valence-electron chi connectivity index (χ2n) is 2.44. The van der Waals surface area contributed by atoms with Crippen LogP contribution in [0.5, 0.6) is 0 Å². The van der Waals surface area contributed by atoms with Gasteiger partial charge in [0.25, 0.3) is 0 Å². The highest BCUT2D eigenvalue weighted by molar-refractivity contribution is 4.43. The molecule has 0 aromatic rings. The average Bonchev–Trinajstić information content (AvgIpc) is 2.03. The molecule has 0 aromatic heterocycles. The number of hydrogen-bond acceptors (Lipinski definition) is 3. The largest absolute Gasteiger partial charge is 0.395 e. The molecule has 0 aliphatic heterocycles. The molecule has 2 N–H and O–H groups in total. The van der Waals surface area contributed by atoms with Gasteiger partial charge in [0.05, 0.1) is 13.2 Å². The standard InChI is InChI=1S/C8H19NO2/c1-2-3-7-11-8-5-9-4-6-10/h9-10H,2-8H2,1H3. The molecule has 0 saturated carbocycles. The molecule has 0 aromatic carbocycles. The van der Waals surface area contributed by atoms with Gasteiger partial charge in [-0.3, -0.25) is 0 Å². The van der Waals surface area contributed by atoms with E-state index in [1.807, 2.05) is 0 Å². The third-order valence-corrected chi connectivity index (χ3v) is 1.35. The van der Waals surface area contributed by atoms with E-state index in [-0.39, 0.29) is 6.61 Å². The van der Waals surface area contributed by atoms with Crippen LogP contribution in [0.1, 0.15) is 19.8 Å². The van der Waals surface area contributed by atoms with Crippen LogP contribution in [0, 0.1) is 0 Å². The summed E-state index contributed by atoms with van der Waals surface area (Å²) in [5.74, 6) is 0.